The number of rotatable bonds is 3. The molecule has 1 aromatic heterocycles. The fourth-order valence-electron chi connectivity index (χ4n) is 1.95. The Hall–Kier alpha value is -2.21. The summed E-state index contributed by atoms with van der Waals surface area (Å²) in [5, 5.41) is 9.98. The zero-order chi connectivity index (χ0) is 12.3. The first-order valence-corrected chi connectivity index (χ1v) is 5.57. The van der Waals surface area contributed by atoms with Crippen LogP contribution < -0.4 is 0 Å². The summed E-state index contributed by atoms with van der Waals surface area (Å²) in [7, 11) is 0. The maximum absolute atomic E-state index is 10.8. The van der Waals surface area contributed by atoms with Crippen LogP contribution in [-0.4, -0.2) is 11.3 Å². The predicted molar refractivity (Wildman–Crippen MR) is 65.8 cm³/mol. The fourth-order valence-corrected chi connectivity index (χ4v) is 1.95. The van der Waals surface area contributed by atoms with Gasteiger partial charge >= 0.3 is 0 Å². The molecule has 2 aromatic rings. The summed E-state index contributed by atoms with van der Waals surface area (Å²) in [4.78, 5) is 15.0. The van der Waals surface area contributed by atoms with E-state index >= 15 is 0 Å². The van der Waals surface area contributed by atoms with Gasteiger partial charge in [-0.15, -0.1) is 0 Å². The van der Waals surface area contributed by atoms with Gasteiger partial charge in [-0.25, -0.2) is 0 Å². The fraction of sp³-hybridized carbons (Fsp3) is 0.214. The smallest absolute Gasteiger partial charge is 0.150 e. The highest BCUT2D eigenvalue weighted by atomic mass is 16.1. The molecule has 0 unspecified atom stereocenters. The number of fused-ring (bicyclic) bond motifs is 1. The molecule has 3 heteroatoms. The molecule has 0 bridgehead atoms. The van der Waals surface area contributed by atoms with E-state index in [0.717, 1.165) is 35.6 Å². The van der Waals surface area contributed by atoms with Crippen molar-refractivity contribution in [3.05, 3.63) is 41.1 Å². The van der Waals surface area contributed by atoms with Gasteiger partial charge in [-0.1, -0.05) is 13.3 Å². The van der Waals surface area contributed by atoms with Crippen molar-refractivity contribution in [3.8, 4) is 6.07 Å². The molecule has 0 aliphatic heterocycles. The van der Waals surface area contributed by atoms with Crippen LogP contribution in [-0.2, 0) is 6.42 Å². The van der Waals surface area contributed by atoms with Gasteiger partial charge < -0.3 is 0 Å². The quantitative estimate of drug-likeness (QED) is 0.753. The Bertz CT molecular complexity index is 611. The molecule has 84 valence electrons. The highest BCUT2D eigenvalue weighted by molar-refractivity contribution is 5.89. The van der Waals surface area contributed by atoms with Crippen LogP contribution in [0.25, 0.3) is 10.9 Å². The van der Waals surface area contributed by atoms with Gasteiger partial charge in [0.15, 0.2) is 0 Å². The number of hydrogen-bond acceptors (Lipinski definition) is 3. The minimum atomic E-state index is 0.599. The van der Waals surface area contributed by atoms with Crippen molar-refractivity contribution in [2.24, 2.45) is 0 Å². The Kier molecular flexibility index (Phi) is 3.15. The molecule has 0 saturated carbocycles. The normalized spacial score (nSPS) is 10.1. The molecule has 0 aliphatic carbocycles. The number of hydrogen-bond donors (Lipinski definition) is 0. The summed E-state index contributed by atoms with van der Waals surface area (Å²) >= 11 is 0. The third-order valence-corrected chi connectivity index (χ3v) is 2.76. The SMILES string of the molecule is CCCc1c(C#N)cnc2ccc(C=O)cc12. The van der Waals surface area contributed by atoms with Crippen LogP contribution in [0.15, 0.2) is 24.4 Å². The van der Waals surface area contributed by atoms with Crippen molar-refractivity contribution >= 4 is 17.2 Å². The third-order valence-electron chi connectivity index (χ3n) is 2.76. The monoisotopic (exact) mass is 224 g/mol. The van der Waals surface area contributed by atoms with E-state index in [1.807, 2.05) is 6.07 Å². The van der Waals surface area contributed by atoms with E-state index < -0.39 is 0 Å². The van der Waals surface area contributed by atoms with Crippen LogP contribution in [0.1, 0.15) is 34.8 Å². The number of nitriles is 1. The van der Waals surface area contributed by atoms with Crippen molar-refractivity contribution in [1.29, 1.82) is 5.26 Å². The number of aryl methyl sites for hydroxylation is 1. The molecular weight excluding hydrogens is 212 g/mol. The van der Waals surface area contributed by atoms with E-state index in [-0.39, 0.29) is 0 Å². The second kappa shape index (κ2) is 4.75. The van der Waals surface area contributed by atoms with E-state index in [2.05, 4.69) is 18.0 Å². The molecule has 0 N–H and O–H groups in total. The van der Waals surface area contributed by atoms with E-state index in [4.69, 9.17) is 5.26 Å². The average molecular weight is 224 g/mol. The first-order valence-electron chi connectivity index (χ1n) is 5.57. The van der Waals surface area contributed by atoms with Gasteiger partial charge in [0.25, 0.3) is 0 Å². The number of nitrogens with zero attached hydrogens (tertiary/aromatic N) is 2. The van der Waals surface area contributed by atoms with E-state index in [9.17, 15) is 4.79 Å². The zero-order valence-electron chi connectivity index (χ0n) is 9.60. The maximum Gasteiger partial charge on any atom is 0.150 e. The van der Waals surface area contributed by atoms with Crippen LogP contribution >= 0.6 is 0 Å². The van der Waals surface area contributed by atoms with Gasteiger partial charge in [0.2, 0.25) is 0 Å². The lowest BCUT2D eigenvalue weighted by Gasteiger charge is -2.07. The highest BCUT2D eigenvalue weighted by Gasteiger charge is 2.08. The van der Waals surface area contributed by atoms with Crippen molar-refractivity contribution in [3.63, 3.8) is 0 Å². The number of carbonyl (C=O) groups excluding carboxylic acids is 1. The number of aromatic nitrogens is 1. The van der Waals surface area contributed by atoms with Gasteiger partial charge in [0.1, 0.15) is 12.4 Å². The summed E-state index contributed by atoms with van der Waals surface area (Å²) in [6, 6.07) is 7.52. The van der Waals surface area contributed by atoms with E-state index in [0.29, 0.717) is 11.1 Å². The summed E-state index contributed by atoms with van der Waals surface area (Å²) in [6.45, 7) is 2.07. The first-order chi connectivity index (χ1) is 8.30. The molecule has 0 aliphatic rings. The second-order valence-electron chi connectivity index (χ2n) is 3.91. The third kappa shape index (κ3) is 2.02. The number of benzene rings is 1. The van der Waals surface area contributed by atoms with E-state index in [1.165, 1.54) is 0 Å². The lowest BCUT2D eigenvalue weighted by molar-refractivity contribution is 0.112. The number of aldehydes is 1. The Morgan fingerprint density at radius 3 is 2.94 bits per heavy atom. The van der Waals surface area contributed by atoms with Gasteiger partial charge in [-0.2, -0.15) is 5.26 Å². The molecule has 0 amide bonds. The lowest BCUT2D eigenvalue weighted by atomic mass is 9.99. The molecule has 17 heavy (non-hydrogen) atoms. The molecule has 0 fully saturated rings. The van der Waals surface area contributed by atoms with Gasteiger partial charge in [-0.05, 0) is 30.2 Å². The topological polar surface area (TPSA) is 53.8 Å². The number of carbonyl (C=O) groups is 1. The van der Waals surface area contributed by atoms with Crippen molar-refractivity contribution < 1.29 is 4.79 Å². The van der Waals surface area contributed by atoms with Gasteiger partial charge in [0.05, 0.1) is 11.1 Å². The average Bonchev–Trinajstić information content (AvgIpc) is 2.39. The Morgan fingerprint density at radius 1 is 1.47 bits per heavy atom. The second-order valence-corrected chi connectivity index (χ2v) is 3.91. The van der Waals surface area contributed by atoms with Gasteiger partial charge in [0, 0.05) is 17.1 Å². The summed E-state index contributed by atoms with van der Waals surface area (Å²) < 4.78 is 0. The molecule has 2 rings (SSSR count). The van der Waals surface area contributed by atoms with Crippen LogP contribution in [0.5, 0.6) is 0 Å². The Labute approximate surface area is 99.7 Å². The molecule has 0 saturated heterocycles. The molecule has 3 nitrogen and oxygen atoms in total. The molecular formula is C14H12N2O. The molecule has 1 aromatic carbocycles. The molecule has 1 heterocycles. The largest absolute Gasteiger partial charge is 0.298 e. The minimum absolute atomic E-state index is 0.599. The summed E-state index contributed by atoms with van der Waals surface area (Å²) in [5.41, 5.74) is 3.04. The van der Waals surface area contributed by atoms with E-state index in [1.54, 1.807) is 18.3 Å². The maximum atomic E-state index is 10.8. The predicted octanol–water partition coefficient (Wildman–Crippen LogP) is 2.87. The zero-order valence-corrected chi connectivity index (χ0v) is 9.60. The van der Waals surface area contributed by atoms with Crippen molar-refractivity contribution in [2.45, 2.75) is 19.8 Å². The summed E-state index contributed by atoms with van der Waals surface area (Å²) in [5.74, 6) is 0. The molecule has 0 spiro atoms. The first kappa shape index (κ1) is 11.3. The van der Waals surface area contributed by atoms with Crippen LogP contribution in [0.4, 0.5) is 0 Å². The van der Waals surface area contributed by atoms with Crippen LogP contribution in [0, 0.1) is 11.3 Å². The van der Waals surface area contributed by atoms with Crippen LogP contribution in [0.3, 0.4) is 0 Å². The standard InChI is InChI=1S/C14H12N2O/c1-2-3-12-11(7-15)8-16-14-5-4-10(9-17)6-13(12)14/h4-6,8-9H,2-3H2,1H3. The molecule has 0 atom stereocenters. The van der Waals surface area contributed by atoms with Crippen LogP contribution in [0.2, 0.25) is 0 Å². The lowest BCUT2D eigenvalue weighted by Crippen LogP contribution is -1.95. The van der Waals surface area contributed by atoms with Crippen molar-refractivity contribution in [2.75, 3.05) is 0 Å². The number of pyridine rings is 1. The van der Waals surface area contributed by atoms with Gasteiger partial charge in [-0.3, -0.25) is 9.78 Å². The minimum Gasteiger partial charge on any atom is -0.298 e. The highest BCUT2D eigenvalue weighted by Crippen LogP contribution is 2.22. The Morgan fingerprint density at radius 2 is 2.29 bits per heavy atom. The Balaban J connectivity index is 2.77. The molecule has 0 radical (unpaired) electrons. The van der Waals surface area contributed by atoms with Crippen molar-refractivity contribution in [1.82, 2.24) is 4.98 Å². The summed E-state index contributed by atoms with van der Waals surface area (Å²) in [6.07, 6.45) is 4.20.